The molecule has 0 spiro atoms. The van der Waals surface area contributed by atoms with Gasteiger partial charge in [-0.05, 0) is 29.3 Å². The summed E-state index contributed by atoms with van der Waals surface area (Å²) in [6.07, 6.45) is 2.48. The fourth-order valence-electron chi connectivity index (χ4n) is 1.86. The zero-order chi connectivity index (χ0) is 16.9. The van der Waals surface area contributed by atoms with Crippen LogP contribution in [0.2, 0.25) is 0 Å². The molecule has 0 aliphatic carbocycles. The van der Waals surface area contributed by atoms with Gasteiger partial charge in [0.2, 0.25) is 0 Å². The van der Waals surface area contributed by atoms with E-state index in [1.807, 2.05) is 0 Å². The van der Waals surface area contributed by atoms with Crippen LogP contribution in [0.25, 0.3) is 16.5 Å². The highest BCUT2D eigenvalue weighted by Crippen LogP contribution is 2.24. The number of carbonyl (C=O) groups excluding carboxylic acids is 1. The molecule has 0 aliphatic rings. The second-order valence-corrected chi connectivity index (χ2v) is 5.84. The van der Waals surface area contributed by atoms with Crippen LogP contribution in [-0.4, -0.2) is 18.8 Å². The zero-order valence-electron chi connectivity index (χ0n) is 11.7. The van der Waals surface area contributed by atoms with Crippen LogP contribution in [0.3, 0.4) is 0 Å². The van der Waals surface area contributed by atoms with Gasteiger partial charge in [-0.3, -0.25) is 9.35 Å². The Morgan fingerprint density at radius 1 is 1.17 bits per heavy atom. The van der Waals surface area contributed by atoms with Crippen LogP contribution < -0.4 is 0 Å². The molecule has 0 aromatic heterocycles. The second kappa shape index (κ2) is 6.89. The summed E-state index contributed by atoms with van der Waals surface area (Å²) in [6.45, 7) is 0. The molecule has 0 amide bonds. The van der Waals surface area contributed by atoms with E-state index in [1.165, 1.54) is 24.3 Å². The molecule has 2 rings (SSSR count). The lowest BCUT2D eigenvalue weighted by molar-refractivity contribution is 0.104. The third kappa shape index (κ3) is 4.27. The van der Waals surface area contributed by atoms with Crippen molar-refractivity contribution in [3.05, 3.63) is 76.2 Å². The maximum absolute atomic E-state index is 12.0. The quantitative estimate of drug-likeness (QED) is 0.224. The van der Waals surface area contributed by atoms with Crippen molar-refractivity contribution in [3.8, 4) is 0 Å². The SMILES string of the molecule is [N-]=[N+]=Nc1ccc(/C=C/C(=O)c2ccccc2)c(S(=O)(=O)O)c1. The Bertz CT molecular complexity index is 915. The minimum absolute atomic E-state index is 0.0339. The molecular formula is C15H11N3O4S. The van der Waals surface area contributed by atoms with E-state index < -0.39 is 15.0 Å². The van der Waals surface area contributed by atoms with E-state index >= 15 is 0 Å². The molecule has 0 heterocycles. The molecule has 2 aromatic carbocycles. The first kappa shape index (κ1) is 16.4. The zero-order valence-corrected chi connectivity index (χ0v) is 12.5. The van der Waals surface area contributed by atoms with Crippen molar-refractivity contribution in [2.75, 3.05) is 0 Å². The van der Waals surface area contributed by atoms with Crippen LogP contribution in [0, 0.1) is 0 Å². The summed E-state index contributed by atoms with van der Waals surface area (Å²) >= 11 is 0. The van der Waals surface area contributed by atoms with E-state index in [4.69, 9.17) is 5.53 Å². The summed E-state index contributed by atoms with van der Waals surface area (Å²) < 4.78 is 32.1. The molecule has 0 fully saturated rings. The lowest BCUT2D eigenvalue weighted by Crippen LogP contribution is -2.01. The number of hydrogen-bond acceptors (Lipinski definition) is 4. The molecule has 8 heteroatoms. The van der Waals surface area contributed by atoms with Crippen molar-refractivity contribution in [3.63, 3.8) is 0 Å². The predicted octanol–water partition coefficient (Wildman–Crippen LogP) is 3.77. The molecule has 0 atom stereocenters. The Balaban J connectivity index is 2.41. The molecule has 116 valence electrons. The lowest BCUT2D eigenvalue weighted by atomic mass is 10.1. The largest absolute Gasteiger partial charge is 0.295 e. The third-order valence-electron chi connectivity index (χ3n) is 2.91. The Kier molecular flexibility index (Phi) is 4.92. The van der Waals surface area contributed by atoms with E-state index in [1.54, 1.807) is 30.3 Å². The molecule has 0 aliphatic heterocycles. The number of benzene rings is 2. The fourth-order valence-corrected chi connectivity index (χ4v) is 2.57. The maximum Gasteiger partial charge on any atom is 0.295 e. The average molecular weight is 329 g/mol. The highest BCUT2D eigenvalue weighted by atomic mass is 32.2. The molecule has 0 radical (unpaired) electrons. The molecule has 0 unspecified atom stereocenters. The molecule has 0 saturated carbocycles. The summed E-state index contributed by atoms with van der Waals surface area (Å²) in [7, 11) is -4.53. The number of carbonyl (C=O) groups is 1. The van der Waals surface area contributed by atoms with Crippen molar-refractivity contribution in [2.24, 2.45) is 5.11 Å². The van der Waals surface area contributed by atoms with Gasteiger partial charge in [0.05, 0.1) is 0 Å². The summed E-state index contributed by atoms with van der Waals surface area (Å²) in [5, 5.41) is 3.28. The first-order valence-electron chi connectivity index (χ1n) is 6.36. The number of hydrogen-bond donors (Lipinski definition) is 1. The Morgan fingerprint density at radius 2 is 1.87 bits per heavy atom. The van der Waals surface area contributed by atoms with Crippen LogP contribution in [-0.2, 0) is 10.1 Å². The fraction of sp³-hybridized carbons (Fsp3) is 0. The van der Waals surface area contributed by atoms with Gasteiger partial charge in [-0.15, -0.1) is 0 Å². The van der Waals surface area contributed by atoms with Crippen LogP contribution >= 0.6 is 0 Å². The number of ketones is 1. The van der Waals surface area contributed by atoms with Gasteiger partial charge in [0.1, 0.15) is 4.90 Å². The van der Waals surface area contributed by atoms with Crippen LogP contribution in [0.15, 0.2) is 64.6 Å². The molecule has 0 saturated heterocycles. The Hall–Kier alpha value is -2.93. The van der Waals surface area contributed by atoms with Gasteiger partial charge < -0.3 is 0 Å². The minimum atomic E-state index is -4.53. The normalized spacial score (nSPS) is 11.2. The molecule has 23 heavy (non-hydrogen) atoms. The first-order chi connectivity index (χ1) is 10.9. The summed E-state index contributed by atoms with van der Waals surface area (Å²) in [5.74, 6) is -0.314. The van der Waals surface area contributed by atoms with Gasteiger partial charge in [-0.2, -0.15) is 8.42 Å². The molecule has 2 aromatic rings. The van der Waals surface area contributed by atoms with E-state index in [2.05, 4.69) is 10.0 Å². The molecule has 0 bridgehead atoms. The van der Waals surface area contributed by atoms with Crippen molar-refractivity contribution in [1.82, 2.24) is 0 Å². The summed E-state index contributed by atoms with van der Waals surface area (Å²) in [6, 6.07) is 12.2. The molecule has 7 nitrogen and oxygen atoms in total. The van der Waals surface area contributed by atoms with Gasteiger partial charge in [0.15, 0.2) is 5.78 Å². The first-order valence-corrected chi connectivity index (χ1v) is 7.80. The second-order valence-electron chi connectivity index (χ2n) is 4.45. The predicted molar refractivity (Wildman–Crippen MR) is 84.9 cm³/mol. The van der Waals surface area contributed by atoms with Crippen molar-refractivity contribution in [2.45, 2.75) is 4.90 Å². The smallest absolute Gasteiger partial charge is 0.289 e. The number of azide groups is 1. The monoisotopic (exact) mass is 329 g/mol. The van der Waals surface area contributed by atoms with Gasteiger partial charge in [-0.1, -0.05) is 47.6 Å². The third-order valence-corrected chi connectivity index (χ3v) is 3.82. The highest BCUT2D eigenvalue weighted by molar-refractivity contribution is 7.86. The summed E-state index contributed by atoms with van der Waals surface area (Å²) in [5.41, 5.74) is 8.96. The Morgan fingerprint density at radius 3 is 2.48 bits per heavy atom. The molecular weight excluding hydrogens is 318 g/mol. The topological polar surface area (TPSA) is 120 Å². The molecule has 1 N–H and O–H groups in total. The van der Waals surface area contributed by atoms with Crippen LogP contribution in [0.4, 0.5) is 5.69 Å². The van der Waals surface area contributed by atoms with E-state index in [-0.39, 0.29) is 17.0 Å². The highest BCUT2D eigenvalue weighted by Gasteiger charge is 2.15. The van der Waals surface area contributed by atoms with E-state index in [0.717, 1.165) is 6.07 Å². The average Bonchev–Trinajstić information content (AvgIpc) is 2.53. The Labute approximate surface area is 132 Å². The van der Waals surface area contributed by atoms with Gasteiger partial charge >= 0.3 is 0 Å². The number of rotatable bonds is 5. The number of nitrogens with zero attached hydrogens (tertiary/aromatic N) is 3. The standard InChI is InChI=1S/C15H11N3O4S/c16-18-17-13-8-6-12(15(10-13)23(20,21)22)7-9-14(19)11-4-2-1-3-5-11/h1-10H,(H,20,21,22)/b9-7+. The van der Waals surface area contributed by atoms with Crippen LogP contribution in [0.5, 0.6) is 0 Å². The maximum atomic E-state index is 12.0. The van der Waals surface area contributed by atoms with Gasteiger partial charge in [0.25, 0.3) is 10.1 Å². The van der Waals surface area contributed by atoms with Crippen molar-refractivity contribution >= 4 is 27.7 Å². The van der Waals surface area contributed by atoms with E-state index in [9.17, 15) is 17.8 Å². The lowest BCUT2D eigenvalue weighted by Gasteiger charge is -2.04. The van der Waals surface area contributed by atoms with Crippen molar-refractivity contribution in [1.29, 1.82) is 0 Å². The van der Waals surface area contributed by atoms with Crippen LogP contribution in [0.1, 0.15) is 15.9 Å². The van der Waals surface area contributed by atoms with Crippen molar-refractivity contribution < 1.29 is 17.8 Å². The van der Waals surface area contributed by atoms with Gasteiger partial charge in [0, 0.05) is 16.2 Å². The summed E-state index contributed by atoms with van der Waals surface area (Å²) in [4.78, 5) is 14.1. The van der Waals surface area contributed by atoms with Gasteiger partial charge in [-0.25, -0.2) is 0 Å². The number of allylic oxidation sites excluding steroid dienone is 1. The minimum Gasteiger partial charge on any atom is -0.289 e. The van der Waals surface area contributed by atoms with E-state index in [0.29, 0.717) is 5.56 Å².